The fraction of sp³-hybridized carbons (Fsp3) is 0.382. The van der Waals surface area contributed by atoms with Crippen LogP contribution in [0.25, 0.3) is 22.2 Å². The van der Waals surface area contributed by atoms with Crippen molar-refractivity contribution in [3.8, 4) is 17.0 Å². The number of carbonyl (C=O) groups is 2. The molecule has 4 aromatic rings. The van der Waals surface area contributed by atoms with Gasteiger partial charge in [-0.25, -0.2) is 9.18 Å². The molecular formula is C34H37FN4O4. The van der Waals surface area contributed by atoms with Gasteiger partial charge in [0.15, 0.2) is 5.78 Å². The number of anilines is 1. The summed E-state index contributed by atoms with van der Waals surface area (Å²) in [6, 6.07) is 14.3. The van der Waals surface area contributed by atoms with Crippen molar-refractivity contribution in [1.82, 2.24) is 14.5 Å². The van der Waals surface area contributed by atoms with E-state index in [-0.39, 0.29) is 23.8 Å². The van der Waals surface area contributed by atoms with Crippen LogP contribution in [0.1, 0.15) is 59.5 Å². The zero-order valence-corrected chi connectivity index (χ0v) is 24.6. The zero-order chi connectivity index (χ0) is 30.1. The summed E-state index contributed by atoms with van der Waals surface area (Å²) in [5.74, 6) is -0.626. The predicted octanol–water partition coefficient (Wildman–Crippen LogP) is 6.29. The van der Waals surface area contributed by atoms with Gasteiger partial charge in [0.05, 0.1) is 23.8 Å². The van der Waals surface area contributed by atoms with Gasteiger partial charge >= 0.3 is 5.97 Å². The van der Waals surface area contributed by atoms with Crippen molar-refractivity contribution in [3.05, 3.63) is 77.6 Å². The van der Waals surface area contributed by atoms with E-state index in [1.54, 1.807) is 24.5 Å². The number of likely N-dealkylation sites (N-methyl/N-ethyl adjacent to an activating group) is 1. The van der Waals surface area contributed by atoms with Gasteiger partial charge in [-0.05, 0) is 69.3 Å². The summed E-state index contributed by atoms with van der Waals surface area (Å²) in [5.41, 5.74) is 5.25. The number of pyridine rings is 1. The van der Waals surface area contributed by atoms with Gasteiger partial charge in [-0.2, -0.15) is 0 Å². The van der Waals surface area contributed by atoms with Gasteiger partial charge in [-0.1, -0.05) is 25.0 Å². The molecule has 0 saturated heterocycles. The monoisotopic (exact) mass is 584 g/mol. The molecule has 3 atom stereocenters. The van der Waals surface area contributed by atoms with Crippen LogP contribution in [0.2, 0.25) is 0 Å². The third kappa shape index (κ3) is 5.86. The number of nitrogens with one attached hydrogen (secondary N) is 1. The van der Waals surface area contributed by atoms with E-state index in [1.165, 1.54) is 0 Å². The first-order valence-electron chi connectivity index (χ1n) is 14.9. The number of hydrogen-bond donors (Lipinski definition) is 2. The number of aromatic nitrogens is 2. The van der Waals surface area contributed by atoms with Crippen LogP contribution in [-0.4, -0.2) is 64.2 Å². The highest BCUT2D eigenvalue weighted by Crippen LogP contribution is 2.48. The molecule has 1 fully saturated rings. The molecule has 1 aliphatic carbocycles. The molecule has 0 radical (unpaired) electrons. The standard InChI is InChI=1S/C34H37FN4O4/c1-38(2)19-31(40)28-13-15-39-30-16-22(34(41)42)9-11-26(30)32(24-7-3-4-8-27(24)35)33(39)25-12-10-23(17-29(25)37-28)43-20-21-6-5-14-36-18-21/h5-6,9-12,14,16-18,24,27-28,37H,3-4,7-8,13,15,19-20H2,1-2H3,(H,41,42)/t24?,27-,28?/m0/s1. The van der Waals surface area contributed by atoms with Gasteiger partial charge in [0.2, 0.25) is 0 Å². The minimum absolute atomic E-state index is 0.0556. The van der Waals surface area contributed by atoms with Crippen molar-refractivity contribution in [1.29, 1.82) is 0 Å². The lowest BCUT2D eigenvalue weighted by molar-refractivity contribution is -0.120. The van der Waals surface area contributed by atoms with Gasteiger partial charge < -0.3 is 24.6 Å². The smallest absolute Gasteiger partial charge is 0.335 e. The summed E-state index contributed by atoms with van der Waals surface area (Å²) in [5, 5.41) is 14.2. The van der Waals surface area contributed by atoms with Crippen LogP contribution in [0.4, 0.5) is 10.1 Å². The summed E-state index contributed by atoms with van der Waals surface area (Å²) in [6.07, 6.45) is 6.03. The SMILES string of the molecule is CN(C)CC(=O)C1CCn2c(c(C3CCCC[C@@H]3F)c3ccc(C(=O)O)cc32)-c2ccc(OCc3cccnc3)cc2N1. The molecule has 0 bridgehead atoms. The van der Waals surface area contributed by atoms with Crippen molar-refractivity contribution in [3.63, 3.8) is 0 Å². The Bertz CT molecular complexity index is 1650. The number of carboxylic acids is 1. The molecule has 1 aliphatic heterocycles. The van der Waals surface area contributed by atoms with Gasteiger partial charge in [0.25, 0.3) is 0 Å². The molecule has 2 unspecified atom stereocenters. The van der Waals surface area contributed by atoms with E-state index in [0.29, 0.717) is 31.7 Å². The number of hydrogen-bond acceptors (Lipinski definition) is 6. The Morgan fingerprint density at radius 2 is 1.95 bits per heavy atom. The average Bonchev–Trinajstić information content (AvgIpc) is 3.29. The Morgan fingerprint density at radius 1 is 1.12 bits per heavy atom. The number of ketones is 1. The number of carbonyl (C=O) groups excluding carboxylic acids is 1. The van der Waals surface area contributed by atoms with Crippen LogP contribution in [0, 0.1) is 0 Å². The number of benzene rings is 2. The number of halogens is 1. The van der Waals surface area contributed by atoms with E-state index in [0.717, 1.165) is 58.2 Å². The van der Waals surface area contributed by atoms with Gasteiger partial charge in [-0.15, -0.1) is 0 Å². The maximum absolute atomic E-state index is 15.7. The first-order chi connectivity index (χ1) is 20.8. The lowest BCUT2D eigenvalue weighted by Gasteiger charge is -2.30. The molecule has 2 aliphatic rings. The number of alkyl halides is 1. The van der Waals surface area contributed by atoms with E-state index >= 15 is 4.39 Å². The second-order valence-electron chi connectivity index (χ2n) is 11.9. The van der Waals surface area contributed by atoms with Crippen LogP contribution in [-0.2, 0) is 17.9 Å². The zero-order valence-electron chi connectivity index (χ0n) is 24.6. The summed E-state index contributed by atoms with van der Waals surface area (Å²) in [7, 11) is 3.74. The topological polar surface area (TPSA) is 96.7 Å². The van der Waals surface area contributed by atoms with E-state index in [4.69, 9.17) is 4.74 Å². The number of ether oxygens (including phenoxy) is 1. The van der Waals surface area contributed by atoms with E-state index in [9.17, 15) is 14.7 Å². The average molecular weight is 585 g/mol. The molecule has 0 amide bonds. The minimum atomic E-state index is -1.01. The van der Waals surface area contributed by atoms with Crippen molar-refractivity contribution in [2.45, 2.75) is 63.4 Å². The molecule has 2 N–H and O–H groups in total. The molecule has 2 aromatic heterocycles. The third-order valence-corrected chi connectivity index (χ3v) is 8.61. The van der Waals surface area contributed by atoms with Crippen molar-refractivity contribution < 1.29 is 23.8 Å². The summed E-state index contributed by atoms with van der Waals surface area (Å²) in [6.45, 7) is 1.10. The Balaban J connectivity index is 1.53. The van der Waals surface area contributed by atoms with Gasteiger partial charge in [0, 0.05) is 58.6 Å². The molecular weight excluding hydrogens is 547 g/mol. The number of nitrogens with zero attached hydrogens (tertiary/aromatic N) is 3. The number of aryl methyl sites for hydroxylation is 1. The quantitative estimate of drug-likeness (QED) is 0.251. The molecule has 1 saturated carbocycles. The minimum Gasteiger partial charge on any atom is -0.489 e. The van der Waals surface area contributed by atoms with Crippen LogP contribution in [0.3, 0.4) is 0 Å². The second-order valence-corrected chi connectivity index (χ2v) is 11.9. The Labute approximate surface area is 250 Å². The number of carboxylic acid groups (broad SMARTS) is 1. The summed E-state index contributed by atoms with van der Waals surface area (Å²) >= 11 is 0. The summed E-state index contributed by atoms with van der Waals surface area (Å²) in [4.78, 5) is 31.4. The Kier molecular flexibility index (Phi) is 8.17. The number of fused-ring (bicyclic) bond motifs is 5. The van der Waals surface area contributed by atoms with Crippen molar-refractivity contribution >= 4 is 28.3 Å². The molecule has 43 heavy (non-hydrogen) atoms. The highest BCUT2D eigenvalue weighted by atomic mass is 19.1. The maximum Gasteiger partial charge on any atom is 0.335 e. The number of Topliss-reactive ketones (excluding diaryl/α,β-unsaturated/α-hetero) is 1. The lowest BCUT2D eigenvalue weighted by Crippen LogP contribution is -2.38. The third-order valence-electron chi connectivity index (χ3n) is 8.61. The maximum atomic E-state index is 15.7. The molecule has 3 heterocycles. The van der Waals surface area contributed by atoms with E-state index in [1.807, 2.05) is 55.4 Å². The largest absolute Gasteiger partial charge is 0.489 e. The highest BCUT2D eigenvalue weighted by Gasteiger charge is 2.35. The van der Waals surface area contributed by atoms with Crippen molar-refractivity contribution in [2.24, 2.45) is 0 Å². The molecule has 2 aromatic carbocycles. The normalized spacial score (nSPS) is 20.0. The lowest BCUT2D eigenvalue weighted by atomic mass is 9.80. The van der Waals surface area contributed by atoms with Crippen LogP contribution >= 0.6 is 0 Å². The number of aromatic carboxylic acids is 1. The molecule has 224 valence electrons. The van der Waals surface area contributed by atoms with Crippen LogP contribution in [0.5, 0.6) is 5.75 Å². The molecule has 6 rings (SSSR count). The first kappa shape index (κ1) is 28.9. The molecule has 8 nitrogen and oxygen atoms in total. The number of rotatable bonds is 8. The van der Waals surface area contributed by atoms with Crippen LogP contribution < -0.4 is 10.1 Å². The fourth-order valence-corrected chi connectivity index (χ4v) is 6.59. The molecule has 0 spiro atoms. The second kappa shape index (κ2) is 12.2. The highest BCUT2D eigenvalue weighted by molar-refractivity contribution is 6.00. The predicted molar refractivity (Wildman–Crippen MR) is 165 cm³/mol. The van der Waals surface area contributed by atoms with Gasteiger partial charge in [-0.3, -0.25) is 9.78 Å². The van der Waals surface area contributed by atoms with Crippen molar-refractivity contribution in [2.75, 3.05) is 26.0 Å². The Morgan fingerprint density at radius 3 is 2.70 bits per heavy atom. The summed E-state index contributed by atoms with van der Waals surface area (Å²) < 4.78 is 23.9. The van der Waals surface area contributed by atoms with E-state index in [2.05, 4.69) is 14.9 Å². The van der Waals surface area contributed by atoms with E-state index < -0.39 is 18.2 Å². The first-order valence-corrected chi connectivity index (χ1v) is 14.9. The van der Waals surface area contributed by atoms with Crippen LogP contribution in [0.15, 0.2) is 60.9 Å². The fourth-order valence-electron chi connectivity index (χ4n) is 6.59. The van der Waals surface area contributed by atoms with Gasteiger partial charge in [0.1, 0.15) is 18.5 Å². The Hall–Kier alpha value is -4.24. The molecule has 9 heteroatoms.